The van der Waals surface area contributed by atoms with Crippen LogP contribution in [0.5, 0.6) is 0 Å². The first-order chi connectivity index (χ1) is 8.24. The minimum atomic E-state index is 0.108. The predicted octanol–water partition coefficient (Wildman–Crippen LogP) is 4.03. The van der Waals surface area contributed by atoms with E-state index < -0.39 is 0 Å². The van der Waals surface area contributed by atoms with E-state index in [0.717, 1.165) is 24.8 Å². The summed E-state index contributed by atoms with van der Waals surface area (Å²) in [5.74, 6) is 0. The second kappa shape index (κ2) is 5.94. The molecule has 3 heteroatoms. The van der Waals surface area contributed by atoms with Crippen LogP contribution in [0.4, 0.5) is 5.69 Å². The summed E-state index contributed by atoms with van der Waals surface area (Å²) in [6, 6.07) is 4.42. The molecule has 1 atom stereocenters. The van der Waals surface area contributed by atoms with Crippen LogP contribution in [-0.2, 0) is 5.41 Å². The van der Waals surface area contributed by atoms with Gasteiger partial charge in [-0.15, -0.1) is 0 Å². The maximum Gasteiger partial charge on any atom is 0.0641 e. The van der Waals surface area contributed by atoms with E-state index in [2.05, 4.69) is 26.8 Å². The van der Waals surface area contributed by atoms with E-state index in [0.29, 0.717) is 10.7 Å². The fourth-order valence-corrected chi connectivity index (χ4v) is 2.42. The summed E-state index contributed by atoms with van der Waals surface area (Å²) in [6.07, 6.45) is 3.30. The molecule has 1 aromatic carbocycles. The molecule has 0 aliphatic heterocycles. The zero-order valence-corrected chi connectivity index (χ0v) is 12.6. The zero-order valence-electron chi connectivity index (χ0n) is 11.9. The number of hydrogen-bond donors (Lipinski definition) is 2. The van der Waals surface area contributed by atoms with Crippen molar-refractivity contribution in [3.63, 3.8) is 0 Å². The number of nitrogen functional groups attached to an aromatic ring is 1. The molecule has 0 aliphatic rings. The molecule has 2 nitrogen and oxygen atoms in total. The van der Waals surface area contributed by atoms with Crippen molar-refractivity contribution in [2.45, 2.75) is 58.4 Å². The fraction of sp³-hybridized carbons (Fsp3) is 0.600. The summed E-state index contributed by atoms with van der Waals surface area (Å²) < 4.78 is 0. The van der Waals surface area contributed by atoms with Crippen LogP contribution in [0.2, 0.25) is 5.02 Å². The van der Waals surface area contributed by atoms with Crippen molar-refractivity contribution in [2.24, 2.45) is 5.73 Å². The van der Waals surface area contributed by atoms with Crippen molar-refractivity contribution < 1.29 is 0 Å². The number of benzene rings is 1. The Morgan fingerprint density at radius 2 is 1.94 bits per heavy atom. The van der Waals surface area contributed by atoms with Crippen LogP contribution in [0.3, 0.4) is 0 Å². The van der Waals surface area contributed by atoms with Gasteiger partial charge in [0.2, 0.25) is 0 Å². The van der Waals surface area contributed by atoms with Gasteiger partial charge in [0.05, 0.1) is 10.7 Å². The SMILES string of the molecule is Cc1cc(C(C)(C)CCCC(C)N)cc(Cl)c1N. The molecule has 1 rings (SSSR count). The van der Waals surface area contributed by atoms with Gasteiger partial charge in [0.25, 0.3) is 0 Å². The maximum absolute atomic E-state index is 6.16. The highest BCUT2D eigenvalue weighted by Gasteiger charge is 2.21. The topological polar surface area (TPSA) is 52.0 Å². The Kier molecular flexibility index (Phi) is 5.06. The van der Waals surface area contributed by atoms with Crippen LogP contribution in [0.1, 0.15) is 51.2 Å². The second-order valence-electron chi connectivity index (χ2n) is 5.94. The van der Waals surface area contributed by atoms with Gasteiger partial charge in [0, 0.05) is 6.04 Å². The van der Waals surface area contributed by atoms with Crippen LogP contribution in [0.25, 0.3) is 0 Å². The third-order valence-corrected chi connectivity index (χ3v) is 3.89. The molecule has 0 spiro atoms. The van der Waals surface area contributed by atoms with Gasteiger partial charge in [0.1, 0.15) is 0 Å². The molecule has 1 unspecified atom stereocenters. The van der Waals surface area contributed by atoms with Gasteiger partial charge in [-0.25, -0.2) is 0 Å². The average Bonchev–Trinajstić information content (AvgIpc) is 2.24. The summed E-state index contributed by atoms with van der Waals surface area (Å²) in [5, 5.41) is 0.658. The number of rotatable bonds is 5. The van der Waals surface area contributed by atoms with Crippen molar-refractivity contribution >= 4 is 17.3 Å². The summed E-state index contributed by atoms with van der Waals surface area (Å²) in [5.41, 5.74) is 14.8. The van der Waals surface area contributed by atoms with Crippen molar-refractivity contribution in [2.75, 3.05) is 5.73 Å². The van der Waals surface area contributed by atoms with Gasteiger partial charge < -0.3 is 11.5 Å². The Hall–Kier alpha value is -0.730. The van der Waals surface area contributed by atoms with Gasteiger partial charge in [-0.05, 0) is 49.3 Å². The van der Waals surface area contributed by atoms with Crippen molar-refractivity contribution in [3.05, 3.63) is 28.3 Å². The highest BCUT2D eigenvalue weighted by Crippen LogP contribution is 2.34. The molecule has 0 radical (unpaired) electrons. The Balaban J connectivity index is 2.84. The Labute approximate surface area is 116 Å². The molecule has 0 heterocycles. The maximum atomic E-state index is 6.16. The van der Waals surface area contributed by atoms with E-state index in [1.165, 1.54) is 5.56 Å². The highest BCUT2D eigenvalue weighted by molar-refractivity contribution is 6.33. The van der Waals surface area contributed by atoms with Crippen LogP contribution in [0.15, 0.2) is 12.1 Å². The molecular weight excluding hydrogens is 244 g/mol. The Morgan fingerprint density at radius 1 is 1.33 bits per heavy atom. The number of aryl methyl sites for hydroxylation is 1. The van der Waals surface area contributed by atoms with Crippen LogP contribution >= 0.6 is 11.6 Å². The summed E-state index contributed by atoms with van der Waals surface area (Å²) in [6.45, 7) is 8.55. The monoisotopic (exact) mass is 268 g/mol. The molecule has 0 saturated heterocycles. The molecule has 1 aromatic rings. The predicted molar refractivity (Wildman–Crippen MR) is 81.1 cm³/mol. The largest absolute Gasteiger partial charge is 0.397 e. The third-order valence-electron chi connectivity index (χ3n) is 3.58. The summed E-state index contributed by atoms with van der Waals surface area (Å²) >= 11 is 6.16. The first kappa shape index (κ1) is 15.3. The second-order valence-corrected chi connectivity index (χ2v) is 6.35. The van der Waals surface area contributed by atoms with E-state index >= 15 is 0 Å². The minimum absolute atomic E-state index is 0.108. The summed E-state index contributed by atoms with van der Waals surface area (Å²) in [4.78, 5) is 0. The number of hydrogen-bond acceptors (Lipinski definition) is 2. The standard InChI is InChI=1S/C15H25ClN2/c1-10-8-12(9-13(16)14(10)18)15(3,4)7-5-6-11(2)17/h8-9,11H,5-7,17-18H2,1-4H3. The first-order valence-corrected chi connectivity index (χ1v) is 6.93. The Bertz CT molecular complexity index is 388. The van der Waals surface area contributed by atoms with Gasteiger partial charge in [-0.3, -0.25) is 0 Å². The molecule has 102 valence electrons. The number of anilines is 1. The van der Waals surface area contributed by atoms with Gasteiger partial charge in [0.15, 0.2) is 0 Å². The molecular formula is C15H25ClN2. The molecule has 0 bridgehead atoms. The Morgan fingerprint density at radius 3 is 2.44 bits per heavy atom. The van der Waals surface area contributed by atoms with Crippen molar-refractivity contribution in [1.29, 1.82) is 0 Å². The molecule has 0 aliphatic carbocycles. The van der Waals surface area contributed by atoms with Crippen LogP contribution in [-0.4, -0.2) is 6.04 Å². The lowest BCUT2D eigenvalue weighted by Crippen LogP contribution is -2.20. The third kappa shape index (κ3) is 3.89. The van der Waals surface area contributed by atoms with E-state index in [1.807, 2.05) is 13.0 Å². The van der Waals surface area contributed by atoms with Crippen molar-refractivity contribution in [3.8, 4) is 0 Å². The average molecular weight is 269 g/mol. The van der Waals surface area contributed by atoms with Crippen LogP contribution < -0.4 is 11.5 Å². The highest BCUT2D eigenvalue weighted by atomic mass is 35.5. The molecule has 0 amide bonds. The molecule has 0 aromatic heterocycles. The molecule has 4 N–H and O–H groups in total. The normalized spacial score (nSPS) is 13.7. The summed E-state index contributed by atoms with van der Waals surface area (Å²) in [7, 11) is 0. The van der Waals surface area contributed by atoms with Crippen molar-refractivity contribution in [1.82, 2.24) is 0 Å². The first-order valence-electron chi connectivity index (χ1n) is 6.55. The lowest BCUT2D eigenvalue weighted by Gasteiger charge is -2.27. The van der Waals surface area contributed by atoms with E-state index in [1.54, 1.807) is 0 Å². The lowest BCUT2D eigenvalue weighted by atomic mass is 9.79. The molecule has 0 fully saturated rings. The van der Waals surface area contributed by atoms with Gasteiger partial charge in [-0.2, -0.15) is 0 Å². The molecule has 0 saturated carbocycles. The fourth-order valence-electron chi connectivity index (χ4n) is 2.16. The van der Waals surface area contributed by atoms with Crippen LogP contribution in [0, 0.1) is 6.92 Å². The smallest absolute Gasteiger partial charge is 0.0641 e. The van der Waals surface area contributed by atoms with E-state index in [-0.39, 0.29) is 11.5 Å². The van der Waals surface area contributed by atoms with E-state index in [4.69, 9.17) is 23.1 Å². The van der Waals surface area contributed by atoms with Gasteiger partial charge in [-0.1, -0.05) is 37.9 Å². The number of nitrogens with two attached hydrogens (primary N) is 2. The molecule has 18 heavy (non-hydrogen) atoms. The quantitative estimate of drug-likeness (QED) is 0.793. The van der Waals surface area contributed by atoms with Gasteiger partial charge >= 0.3 is 0 Å². The zero-order chi connectivity index (χ0) is 13.9. The number of halogens is 1. The van der Waals surface area contributed by atoms with E-state index in [9.17, 15) is 0 Å². The lowest BCUT2D eigenvalue weighted by molar-refractivity contribution is 0.439. The minimum Gasteiger partial charge on any atom is -0.397 e.